The average Bonchev–Trinajstić information content (AvgIpc) is 2.50. The zero-order valence-electron chi connectivity index (χ0n) is 13.1. The Morgan fingerprint density at radius 3 is 2.16 bits per heavy atom. The van der Waals surface area contributed by atoms with Crippen LogP contribution in [0.5, 0.6) is 0 Å². The molecule has 1 N–H and O–H groups in total. The van der Waals surface area contributed by atoms with Crippen LogP contribution in [0.1, 0.15) is 66.7 Å². The van der Waals surface area contributed by atoms with Gasteiger partial charge in [0.15, 0.2) is 0 Å². The van der Waals surface area contributed by atoms with Crippen LogP contribution in [-0.2, 0) is 9.53 Å². The molecule has 3 nitrogen and oxygen atoms in total. The molecule has 0 aromatic carbocycles. The average molecular weight is 267 g/mol. The molecule has 1 aliphatic carbocycles. The lowest BCUT2D eigenvalue weighted by Gasteiger charge is -2.30. The minimum Gasteiger partial charge on any atom is -0.462 e. The summed E-state index contributed by atoms with van der Waals surface area (Å²) in [6.45, 7) is 10.8. The van der Waals surface area contributed by atoms with Gasteiger partial charge in [-0.25, -0.2) is 0 Å². The van der Waals surface area contributed by atoms with Crippen LogP contribution in [-0.4, -0.2) is 23.2 Å². The number of esters is 1. The Hall–Kier alpha value is -0.570. The largest absolute Gasteiger partial charge is 0.462 e. The van der Waals surface area contributed by atoms with E-state index in [9.17, 15) is 4.79 Å². The second-order valence-corrected chi connectivity index (χ2v) is 7.81. The Morgan fingerprint density at radius 1 is 1.11 bits per heavy atom. The van der Waals surface area contributed by atoms with Gasteiger partial charge in [-0.1, -0.05) is 6.92 Å². The summed E-state index contributed by atoms with van der Waals surface area (Å²) in [5.41, 5.74) is -0.142. The Balaban J connectivity index is 1.93. The molecule has 0 spiro atoms. The van der Waals surface area contributed by atoms with E-state index >= 15 is 0 Å². The van der Waals surface area contributed by atoms with Gasteiger partial charge in [-0.3, -0.25) is 4.79 Å². The van der Waals surface area contributed by atoms with Crippen LogP contribution in [0.15, 0.2) is 0 Å². The molecule has 3 heteroatoms. The van der Waals surface area contributed by atoms with Crippen molar-refractivity contribution >= 4 is 5.97 Å². The minimum atomic E-state index is -0.164. The number of rotatable bonds is 2. The summed E-state index contributed by atoms with van der Waals surface area (Å²) in [6, 6.07) is 0. The molecular weight excluding hydrogens is 238 g/mol. The van der Waals surface area contributed by atoms with Gasteiger partial charge in [0.1, 0.15) is 6.10 Å². The quantitative estimate of drug-likeness (QED) is 0.780. The van der Waals surface area contributed by atoms with Crippen molar-refractivity contribution in [2.45, 2.75) is 83.9 Å². The third-order valence-electron chi connectivity index (χ3n) is 4.78. The lowest BCUT2D eigenvalue weighted by molar-refractivity contribution is -0.157. The minimum absolute atomic E-state index is 0.00243. The Kier molecular flexibility index (Phi) is 3.97. The standard InChI is InChI=1S/C16H29NO2/c1-11-6-8-12(9-7-11)19-14(18)13-10-15(2,3)17-16(13,4)5/h11-13,17H,6-10H2,1-5H3. The molecule has 0 radical (unpaired) electrons. The first-order valence-electron chi connectivity index (χ1n) is 7.69. The first kappa shape index (κ1) is 14.8. The second kappa shape index (κ2) is 5.08. The fourth-order valence-corrected chi connectivity index (χ4v) is 3.75. The second-order valence-electron chi connectivity index (χ2n) is 7.81. The van der Waals surface area contributed by atoms with Gasteiger partial charge in [-0.05, 0) is 65.7 Å². The maximum Gasteiger partial charge on any atom is 0.311 e. The van der Waals surface area contributed by atoms with Gasteiger partial charge in [-0.2, -0.15) is 0 Å². The third-order valence-corrected chi connectivity index (χ3v) is 4.78. The van der Waals surface area contributed by atoms with Gasteiger partial charge in [0.25, 0.3) is 0 Å². The van der Waals surface area contributed by atoms with E-state index in [2.05, 4.69) is 39.9 Å². The summed E-state index contributed by atoms with van der Waals surface area (Å²) in [7, 11) is 0. The van der Waals surface area contributed by atoms with Crippen molar-refractivity contribution in [3.05, 3.63) is 0 Å². The summed E-state index contributed by atoms with van der Waals surface area (Å²) in [4.78, 5) is 12.4. The Morgan fingerprint density at radius 2 is 1.68 bits per heavy atom. The third kappa shape index (κ3) is 3.50. The highest BCUT2D eigenvalue weighted by Gasteiger charge is 2.48. The molecule has 0 amide bonds. The van der Waals surface area contributed by atoms with Crippen molar-refractivity contribution in [1.82, 2.24) is 5.32 Å². The van der Waals surface area contributed by atoms with E-state index in [4.69, 9.17) is 4.74 Å². The number of hydrogen-bond acceptors (Lipinski definition) is 3. The number of ether oxygens (including phenoxy) is 1. The Bertz CT molecular complexity index is 341. The molecule has 1 atom stereocenters. The molecule has 0 bridgehead atoms. The summed E-state index contributed by atoms with van der Waals surface area (Å²) in [5.74, 6) is 0.767. The summed E-state index contributed by atoms with van der Waals surface area (Å²) >= 11 is 0. The molecule has 1 saturated carbocycles. The molecule has 1 saturated heterocycles. The molecule has 19 heavy (non-hydrogen) atoms. The lowest BCUT2D eigenvalue weighted by atomic mass is 9.86. The molecule has 1 unspecified atom stereocenters. The summed E-state index contributed by atoms with van der Waals surface area (Å²) in [5, 5.41) is 3.54. The SMILES string of the molecule is CC1CCC(OC(=O)C2CC(C)(C)NC2(C)C)CC1. The van der Waals surface area contributed by atoms with Crippen LogP contribution in [0.4, 0.5) is 0 Å². The van der Waals surface area contributed by atoms with Crippen molar-refractivity contribution < 1.29 is 9.53 Å². The molecule has 2 rings (SSSR count). The van der Waals surface area contributed by atoms with Gasteiger partial charge in [-0.15, -0.1) is 0 Å². The van der Waals surface area contributed by atoms with Crippen molar-refractivity contribution in [3.8, 4) is 0 Å². The molecule has 1 heterocycles. The van der Waals surface area contributed by atoms with Crippen LogP contribution in [0.3, 0.4) is 0 Å². The van der Waals surface area contributed by atoms with Crippen molar-refractivity contribution in [2.24, 2.45) is 11.8 Å². The molecule has 0 aromatic heterocycles. The number of hydrogen-bond donors (Lipinski definition) is 1. The van der Waals surface area contributed by atoms with Gasteiger partial charge in [0.2, 0.25) is 0 Å². The van der Waals surface area contributed by atoms with E-state index in [0.29, 0.717) is 0 Å². The first-order chi connectivity index (χ1) is 8.70. The zero-order chi connectivity index (χ0) is 14.3. The van der Waals surface area contributed by atoms with Gasteiger partial charge < -0.3 is 10.1 Å². The molecule has 110 valence electrons. The maximum absolute atomic E-state index is 12.4. The number of nitrogens with one attached hydrogen (secondary N) is 1. The lowest BCUT2D eigenvalue weighted by Crippen LogP contribution is -2.47. The topological polar surface area (TPSA) is 38.3 Å². The monoisotopic (exact) mass is 267 g/mol. The van der Waals surface area contributed by atoms with Gasteiger partial charge >= 0.3 is 5.97 Å². The predicted molar refractivity (Wildman–Crippen MR) is 76.9 cm³/mol. The van der Waals surface area contributed by atoms with E-state index in [0.717, 1.165) is 25.2 Å². The van der Waals surface area contributed by atoms with Crippen molar-refractivity contribution in [3.63, 3.8) is 0 Å². The fourth-order valence-electron chi connectivity index (χ4n) is 3.75. The van der Waals surface area contributed by atoms with Gasteiger partial charge in [0.05, 0.1) is 5.92 Å². The summed E-state index contributed by atoms with van der Waals surface area (Å²) in [6.07, 6.45) is 5.48. The van der Waals surface area contributed by atoms with Crippen molar-refractivity contribution in [2.75, 3.05) is 0 Å². The number of carbonyl (C=O) groups excluding carboxylic acids is 1. The van der Waals surface area contributed by atoms with E-state index in [1.54, 1.807) is 0 Å². The maximum atomic E-state index is 12.4. The van der Waals surface area contributed by atoms with Crippen molar-refractivity contribution in [1.29, 1.82) is 0 Å². The van der Waals surface area contributed by atoms with E-state index in [1.165, 1.54) is 12.8 Å². The fraction of sp³-hybridized carbons (Fsp3) is 0.938. The first-order valence-corrected chi connectivity index (χ1v) is 7.69. The Labute approximate surface area is 117 Å². The van der Waals surface area contributed by atoms with Crippen LogP contribution in [0.25, 0.3) is 0 Å². The van der Waals surface area contributed by atoms with Crippen LogP contribution >= 0.6 is 0 Å². The predicted octanol–water partition coefficient (Wildman–Crippen LogP) is 3.28. The normalized spacial score (nSPS) is 37.0. The van der Waals surface area contributed by atoms with Gasteiger partial charge in [0, 0.05) is 11.1 Å². The highest BCUT2D eigenvalue weighted by molar-refractivity contribution is 5.75. The van der Waals surface area contributed by atoms with E-state index < -0.39 is 0 Å². The molecule has 2 aliphatic rings. The number of carbonyl (C=O) groups is 1. The van der Waals surface area contributed by atoms with Crippen LogP contribution < -0.4 is 5.32 Å². The molecular formula is C16H29NO2. The van der Waals surface area contributed by atoms with E-state index in [-0.39, 0.29) is 29.1 Å². The smallest absolute Gasteiger partial charge is 0.311 e. The highest BCUT2D eigenvalue weighted by Crippen LogP contribution is 2.37. The molecule has 1 aliphatic heterocycles. The molecule has 0 aromatic rings. The van der Waals surface area contributed by atoms with Crippen LogP contribution in [0.2, 0.25) is 0 Å². The summed E-state index contributed by atoms with van der Waals surface area (Å²) < 4.78 is 5.77. The highest BCUT2D eigenvalue weighted by atomic mass is 16.5. The van der Waals surface area contributed by atoms with E-state index in [1.807, 2.05) is 0 Å². The zero-order valence-corrected chi connectivity index (χ0v) is 13.1. The van der Waals surface area contributed by atoms with Crippen LogP contribution in [0, 0.1) is 11.8 Å². The molecule has 2 fully saturated rings.